The second-order valence-corrected chi connectivity index (χ2v) is 3.41. The molecule has 3 nitrogen and oxygen atoms in total. The predicted molar refractivity (Wildman–Crippen MR) is 50.6 cm³/mol. The van der Waals surface area contributed by atoms with Crippen LogP contribution >= 0.6 is 11.6 Å². The van der Waals surface area contributed by atoms with Gasteiger partial charge in [0.05, 0.1) is 5.56 Å². The minimum Gasteiger partial charge on any atom is -0.296 e. The van der Waals surface area contributed by atoms with Crippen molar-refractivity contribution in [3.63, 3.8) is 0 Å². The average Bonchev–Trinajstić information content (AvgIpc) is 2.50. The van der Waals surface area contributed by atoms with Crippen molar-refractivity contribution in [3.05, 3.63) is 34.7 Å². The molecule has 0 N–H and O–H groups in total. The van der Waals surface area contributed by atoms with Crippen molar-refractivity contribution in [1.29, 1.82) is 0 Å². The molecule has 84 valence electrons. The van der Waals surface area contributed by atoms with Gasteiger partial charge in [-0.2, -0.15) is 13.2 Å². The van der Waals surface area contributed by atoms with Gasteiger partial charge in [0, 0.05) is 6.20 Å². The third kappa shape index (κ3) is 1.65. The van der Waals surface area contributed by atoms with Gasteiger partial charge in [-0.3, -0.25) is 9.20 Å². The van der Waals surface area contributed by atoms with Crippen LogP contribution in [0.2, 0.25) is 5.15 Å². The van der Waals surface area contributed by atoms with Crippen LogP contribution in [0.3, 0.4) is 0 Å². The molecule has 0 radical (unpaired) electrons. The molecule has 0 saturated carbocycles. The lowest BCUT2D eigenvalue weighted by Gasteiger charge is -2.06. The molecule has 2 aromatic heterocycles. The van der Waals surface area contributed by atoms with Crippen LogP contribution in [-0.2, 0) is 6.18 Å². The number of carbonyl (C=O) groups is 1. The molecule has 0 spiro atoms. The molecule has 0 amide bonds. The summed E-state index contributed by atoms with van der Waals surface area (Å²) in [5.41, 5.74) is -0.764. The van der Waals surface area contributed by atoms with Gasteiger partial charge in [0.1, 0.15) is 11.3 Å². The van der Waals surface area contributed by atoms with Crippen molar-refractivity contribution in [2.75, 3.05) is 0 Å². The third-order valence-corrected chi connectivity index (χ3v) is 2.33. The molecule has 0 aliphatic heterocycles. The van der Waals surface area contributed by atoms with Gasteiger partial charge < -0.3 is 0 Å². The van der Waals surface area contributed by atoms with Crippen molar-refractivity contribution < 1.29 is 18.0 Å². The number of imidazole rings is 1. The summed E-state index contributed by atoms with van der Waals surface area (Å²) in [6.07, 6.45) is -3.31. The average molecular weight is 249 g/mol. The molecule has 2 aromatic rings. The van der Waals surface area contributed by atoms with Gasteiger partial charge in [0.2, 0.25) is 0 Å². The third-order valence-electron chi connectivity index (χ3n) is 2.05. The predicted octanol–water partition coefficient (Wildman–Crippen LogP) is 2.82. The summed E-state index contributed by atoms with van der Waals surface area (Å²) >= 11 is 5.59. The molecular weight excluding hydrogens is 245 g/mol. The summed E-state index contributed by atoms with van der Waals surface area (Å²) in [5.74, 6) is 0. The molecule has 0 aliphatic rings. The van der Waals surface area contributed by atoms with Gasteiger partial charge >= 0.3 is 6.18 Å². The largest absolute Gasteiger partial charge is 0.417 e. The van der Waals surface area contributed by atoms with E-state index in [1.165, 1.54) is 0 Å². The number of fused-ring (bicyclic) bond motifs is 1. The Morgan fingerprint density at radius 2 is 2.06 bits per heavy atom. The van der Waals surface area contributed by atoms with E-state index in [-0.39, 0.29) is 16.5 Å². The van der Waals surface area contributed by atoms with Crippen LogP contribution in [-0.4, -0.2) is 15.7 Å². The number of nitrogens with zero attached hydrogens (tertiary/aromatic N) is 2. The highest BCUT2D eigenvalue weighted by molar-refractivity contribution is 6.31. The first-order valence-electron chi connectivity index (χ1n) is 4.13. The van der Waals surface area contributed by atoms with E-state index in [0.29, 0.717) is 6.29 Å². The van der Waals surface area contributed by atoms with Crippen LogP contribution in [0.15, 0.2) is 18.3 Å². The van der Waals surface area contributed by atoms with E-state index >= 15 is 0 Å². The van der Waals surface area contributed by atoms with Crippen LogP contribution in [0.5, 0.6) is 0 Å². The van der Waals surface area contributed by atoms with E-state index in [9.17, 15) is 18.0 Å². The maximum Gasteiger partial charge on any atom is 0.417 e. The van der Waals surface area contributed by atoms with Crippen LogP contribution < -0.4 is 0 Å². The first-order valence-corrected chi connectivity index (χ1v) is 4.51. The minimum atomic E-state index is -4.47. The fourth-order valence-electron chi connectivity index (χ4n) is 1.31. The van der Waals surface area contributed by atoms with Gasteiger partial charge in [-0.25, -0.2) is 4.98 Å². The molecule has 0 atom stereocenters. The quantitative estimate of drug-likeness (QED) is 0.728. The van der Waals surface area contributed by atoms with Crippen LogP contribution in [0.1, 0.15) is 16.1 Å². The summed E-state index contributed by atoms with van der Waals surface area (Å²) in [6, 6.07) is 2.04. The van der Waals surface area contributed by atoms with Crippen molar-refractivity contribution in [1.82, 2.24) is 9.38 Å². The maximum absolute atomic E-state index is 12.4. The highest BCUT2D eigenvalue weighted by Crippen LogP contribution is 2.30. The van der Waals surface area contributed by atoms with E-state index in [1.54, 1.807) is 0 Å². The molecule has 2 heterocycles. The number of rotatable bonds is 1. The lowest BCUT2D eigenvalue weighted by atomic mass is 10.3. The van der Waals surface area contributed by atoms with E-state index in [4.69, 9.17) is 11.6 Å². The second kappa shape index (κ2) is 3.48. The summed E-state index contributed by atoms with van der Waals surface area (Å²) < 4.78 is 38.2. The maximum atomic E-state index is 12.4. The lowest BCUT2D eigenvalue weighted by Crippen LogP contribution is -2.06. The summed E-state index contributed by atoms with van der Waals surface area (Å²) in [4.78, 5) is 14.4. The van der Waals surface area contributed by atoms with E-state index in [1.807, 2.05) is 0 Å². The van der Waals surface area contributed by atoms with E-state index in [2.05, 4.69) is 4.98 Å². The van der Waals surface area contributed by atoms with Gasteiger partial charge in [-0.1, -0.05) is 11.6 Å². The normalized spacial score (nSPS) is 12.0. The molecule has 0 unspecified atom stereocenters. The Labute approximate surface area is 92.5 Å². The van der Waals surface area contributed by atoms with Crippen molar-refractivity contribution in [2.45, 2.75) is 6.18 Å². The Morgan fingerprint density at radius 1 is 1.38 bits per heavy atom. The Balaban J connectivity index is 2.73. The van der Waals surface area contributed by atoms with Gasteiger partial charge in [-0.05, 0) is 12.1 Å². The molecule has 0 bridgehead atoms. The Bertz CT molecular complexity index is 562. The number of pyridine rings is 1. The smallest absolute Gasteiger partial charge is 0.296 e. The second-order valence-electron chi connectivity index (χ2n) is 3.05. The molecule has 0 fully saturated rings. The fourth-order valence-corrected chi connectivity index (χ4v) is 1.53. The zero-order valence-electron chi connectivity index (χ0n) is 7.62. The topological polar surface area (TPSA) is 34.4 Å². The molecule has 2 rings (SSSR count). The van der Waals surface area contributed by atoms with Crippen molar-refractivity contribution in [2.24, 2.45) is 0 Å². The SMILES string of the molecule is O=Cc1c(Cl)nc2ccc(C(F)(F)F)cn12. The monoisotopic (exact) mass is 248 g/mol. The zero-order chi connectivity index (χ0) is 11.9. The van der Waals surface area contributed by atoms with Crippen molar-refractivity contribution in [3.8, 4) is 0 Å². The number of hydrogen-bond acceptors (Lipinski definition) is 2. The fraction of sp³-hybridized carbons (Fsp3) is 0.111. The lowest BCUT2D eigenvalue weighted by molar-refractivity contribution is -0.137. The molecule has 0 aromatic carbocycles. The Morgan fingerprint density at radius 3 is 2.62 bits per heavy atom. The van der Waals surface area contributed by atoms with Crippen LogP contribution in [0.25, 0.3) is 5.65 Å². The summed E-state index contributed by atoms with van der Waals surface area (Å²) in [6.45, 7) is 0. The standard InChI is InChI=1S/C9H4ClF3N2O/c10-8-6(4-16)15-3-5(9(11,12)13)1-2-7(15)14-8/h1-4H. The number of aldehydes is 1. The van der Waals surface area contributed by atoms with E-state index < -0.39 is 11.7 Å². The first-order chi connectivity index (χ1) is 7.43. The number of alkyl halides is 3. The highest BCUT2D eigenvalue weighted by Gasteiger charge is 2.31. The molecule has 16 heavy (non-hydrogen) atoms. The van der Waals surface area contributed by atoms with E-state index in [0.717, 1.165) is 22.7 Å². The van der Waals surface area contributed by atoms with Crippen LogP contribution in [0.4, 0.5) is 13.2 Å². The minimum absolute atomic E-state index is 0.0947. The first kappa shape index (κ1) is 10.9. The van der Waals surface area contributed by atoms with Gasteiger partial charge in [0.25, 0.3) is 0 Å². The summed E-state index contributed by atoms with van der Waals surface area (Å²) in [5, 5.41) is -0.116. The zero-order valence-corrected chi connectivity index (χ0v) is 8.38. The van der Waals surface area contributed by atoms with Gasteiger partial charge in [0.15, 0.2) is 11.4 Å². The molecule has 7 heteroatoms. The van der Waals surface area contributed by atoms with Gasteiger partial charge in [-0.15, -0.1) is 0 Å². The number of halogens is 4. The molecular formula is C9H4ClF3N2O. The highest BCUT2D eigenvalue weighted by atomic mass is 35.5. The number of aromatic nitrogens is 2. The number of carbonyl (C=O) groups excluding carboxylic acids is 1. The summed E-state index contributed by atoms with van der Waals surface area (Å²) in [7, 11) is 0. The molecule has 0 aliphatic carbocycles. The Kier molecular flexibility index (Phi) is 2.38. The van der Waals surface area contributed by atoms with Crippen molar-refractivity contribution >= 4 is 23.5 Å². The van der Waals surface area contributed by atoms with Crippen LogP contribution in [0, 0.1) is 0 Å². The Hall–Kier alpha value is -1.56. The molecule has 0 saturated heterocycles. The number of hydrogen-bond donors (Lipinski definition) is 0.